The molecular formula is C28H26Cl2F2N2OS. The lowest BCUT2D eigenvalue weighted by atomic mass is 9.81. The molecule has 0 aliphatic carbocycles. The van der Waals surface area contributed by atoms with Gasteiger partial charge in [0.15, 0.2) is 5.16 Å². The molecule has 3 nitrogen and oxygen atoms in total. The Bertz CT molecular complexity index is 1400. The Morgan fingerprint density at radius 1 is 0.889 bits per heavy atom. The molecule has 1 heterocycles. The van der Waals surface area contributed by atoms with Gasteiger partial charge >= 0.3 is 0 Å². The van der Waals surface area contributed by atoms with E-state index in [9.17, 15) is 13.9 Å². The number of aromatic nitrogens is 2. The van der Waals surface area contributed by atoms with Gasteiger partial charge in [-0.3, -0.25) is 4.57 Å². The number of imidazole rings is 1. The minimum Gasteiger partial charge on any atom is -0.386 e. The van der Waals surface area contributed by atoms with Crippen LogP contribution < -0.4 is 0 Å². The van der Waals surface area contributed by atoms with Gasteiger partial charge in [-0.05, 0) is 73.0 Å². The molecule has 0 aliphatic rings. The highest BCUT2D eigenvalue weighted by atomic mass is 35.5. The molecule has 3 aromatic carbocycles. The number of thioether (sulfide) groups is 1. The summed E-state index contributed by atoms with van der Waals surface area (Å²) in [4.78, 5) is 4.66. The van der Waals surface area contributed by atoms with Crippen molar-refractivity contribution in [2.24, 2.45) is 0 Å². The van der Waals surface area contributed by atoms with Crippen molar-refractivity contribution >= 4 is 35.0 Å². The van der Waals surface area contributed by atoms with Gasteiger partial charge < -0.3 is 5.11 Å². The van der Waals surface area contributed by atoms with Crippen molar-refractivity contribution in [2.75, 3.05) is 0 Å². The van der Waals surface area contributed by atoms with Crippen molar-refractivity contribution in [1.29, 1.82) is 0 Å². The van der Waals surface area contributed by atoms with E-state index >= 15 is 0 Å². The van der Waals surface area contributed by atoms with E-state index in [1.165, 1.54) is 30.0 Å². The van der Waals surface area contributed by atoms with Crippen LogP contribution in [0.3, 0.4) is 0 Å². The molecule has 0 saturated carbocycles. The second kappa shape index (κ2) is 10.2. The number of rotatable bonds is 7. The van der Waals surface area contributed by atoms with Crippen LogP contribution in [-0.4, -0.2) is 14.7 Å². The van der Waals surface area contributed by atoms with Gasteiger partial charge in [-0.1, -0.05) is 67.0 Å². The maximum Gasteiger partial charge on any atom is 0.173 e. The molecule has 0 radical (unpaired) electrons. The molecule has 0 aliphatic heterocycles. The van der Waals surface area contributed by atoms with Crippen molar-refractivity contribution in [3.05, 3.63) is 111 Å². The highest BCUT2D eigenvalue weighted by Crippen LogP contribution is 2.38. The summed E-state index contributed by atoms with van der Waals surface area (Å²) in [6, 6.07) is 16.5. The topological polar surface area (TPSA) is 38.1 Å². The number of benzene rings is 3. The van der Waals surface area contributed by atoms with E-state index in [1.807, 2.05) is 30.5 Å². The molecule has 1 aromatic heterocycles. The first kappa shape index (κ1) is 26.7. The Morgan fingerprint density at radius 3 is 2.17 bits per heavy atom. The van der Waals surface area contributed by atoms with Crippen molar-refractivity contribution in [3.63, 3.8) is 0 Å². The maximum atomic E-state index is 14.8. The molecular weight excluding hydrogens is 521 g/mol. The van der Waals surface area contributed by atoms with Crippen molar-refractivity contribution in [1.82, 2.24) is 9.55 Å². The van der Waals surface area contributed by atoms with Crippen LogP contribution in [-0.2, 0) is 16.8 Å². The van der Waals surface area contributed by atoms with Crippen LogP contribution in [0.4, 0.5) is 8.78 Å². The monoisotopic (exact) mass is 546 g/mol. The zero-order valence-corrected chi connectivity index (χ0v) is 22.6. The van der Waals surface area contributed by atoms with Gasteiger partial charge in [0, 0.05) is 16.9 Å². The van der Waals surface area contributed by atoms with Crippen molar-refractivity contribution < 1.29 is 13.9 Å². The maximum absolute atomic E-state index is 14.8. The molecule has 1 N–H and O–H groups in total. The molecule has 188 valence electrons. The average Bonchev–Trinajstić information content (AvgIpc) is 3.24. The molecule has 0 spiro atoms. The smallest absolute Gasteiger partial charge is 0.173 e. The van der Waals surface area contributed by atoms with Crippen LogP contribution in [0.2, 0.25) is 10.0 Å². The van der Waals surface area contributed by atoms with E-state index in [4.69, 9.17) is 23.2 Å². The third-order valence-electron chi connectivity index (χ3n) is 6.21. The van der Waals surface area contributed by atoms with Gasteiger partial charge in [0.1, 0.15) is 11.6 Å². The zero-order valence-electron chi connectivity index (χ0n) is 20.3. The number of aliphatic hydroxyl groups is 1. The Labute approximate surface area is 224 Å². The summed E-state index contributed by atoms with van der Waals surface area (Å²) in [5, 5.41) is 11.7. The standard InChI is InChI=1S/C28H26Cl2F2N2OS/c1-27(2,18-7-12-22(29)23(30)13-18)25-15-33-26(34(25)21-10-8-20(31)9-11-21)36-16-17-5-6-19(14-24(17)32)28(3,4)35/h5-15,35H,16H2,1-4H3. The summed E-state index contributed by atoms with van der Waals surface area (Å²) < 4.78 is 30.5. The molecule has 0 bridgehead atoms. The molecule has 4 aromatic rings. The Balaban J connectivity index is 1.74. The van der Waals surface area contributed by atoms with Crippen LogP contribution in [0, 0.1) is 11.6 Å². The van der Waals surface area contributed by atoms with E-state index in [0.29, 0.717) is 32.1 Å². The minimum atomic E-state index is -1.13. The molecule has 36 heavy (non-hydrogen) atoms. The molecule has 0 unspecified atom stereocenters. The molecule has 4 rings (SSSR count). The number of hydrogen-bond acceptors (Lipinski definition) is 3. The lowest BCUT2D eigenvalue weighted by molar-refractivity contribution is 0.0782. The van der Waals surface area contributed by atoms with Crippen LogP contribution in [0.5, 0.6) is 0 Å². The van der Waals surface area contributed by atoms with E-state index in [1.54, 1.807) is 50.4 Å². The number of nitrogens with zero attached hydrogens (tertiary/aromatic N) is 2. The Kier molecular flexibility index (Phi) is 7.54. The second-order valence-corrected chi connectivity index (χ2v) is 11.4. The molecule has 0 amide bonds. The third kappa shape index (κ3) is 5.47. The largest absolute Gasteiger partial charge is 0.386 e. The van der Waals surface area contributed by atoms with E-state index < -0.39 is 16.8 Å². The SMILES string of the molecule is CC(C)(O)c1ccc(CSc2ncc(C(C)(C)c3ccc(Cl)c(Cl)c3)n2-c2ccc(F)cc2)c(F)c1. The Morgan fingerprint density at radius 2 is 1.56 bits per heavy atom. The molecule has 0 saturated heterocycles. The normalized spacial score (nSPS) is 12.2. The number of hydrogen-bond donors (Lipinski definition) is 1. The lowest BCUT2D eigenvalue weighted by Gasteiger charge is -2.28. The predicted molar refractivity (Wildman–Crippen MR) is 143 cm³/mol. The molecule has 0 atom stereocenters. The lowest BCUT2D eigenvalue weighted by Crippen LogP contribution is -2.23. The quantitative estimate of drug-likeness (QED) is 0.237. The van der Waals surface area contributed by atoms with Gasteiger partial charge in [0.2, 0.25) is 0 Å². The summed E-state index contributed by atoms with van der Waals surface area (Å²) in [5.41, 5.74) is 1.86. The first-order valence-electron chi connectivity index (χ1n) is 11.3. The van der Waals surface area contributed by atoms with Gasteiger partial charge in [-0.25, -0.2) is 13.8 Å². The fraction of sp³-hybridized carbons (Fsp3) is 0.250. The summed E-state index contributed by atoms with van der Waals surface area (Å²) in [6.45, 7) is 7.33. The zero-order chi connectivity index (χ0) is 26.3. The third-order valence-corrected chi connectivity index (χ3v) is 7.95. The average molecular weight is 547 g/mol. The van der Waals surface area contributed by atoms with Crippen LogP contribution >= 0.6 is 35.0 Å². The minimum absolute atomic E-state index is 0.322. The first-order chi connectivity index (χ1) is 16.9. The van der Waals surface area contributed by atoms with E-state index in [0.717, 1.165) is 16.9 Å². The van der Waals surface area contributed by atoms with E-state index in [2.05, 4.69) is 4.98 Å². The first-order valence-corrected chi connectivity index (χ1v) is 13.1. The highest BCUT2D eigenvalue weighted by Gasteiger charge is 2.30. The second-order valence-electron chi connectivity index (χ2n) is 9.65. The Hall–Kier alpha value is -2.38. The van der Waals surface area contributed by atoms with Gasteiger partial charge in [0.05, 0.1) is 27.5 Å². The van der Waals surface area contributed by atoms with Crippen LogP contribution in [0.15, 0.2) is 72.0 Å². The molecule has 0 fully saturated rings. The summed E-state index contributed by atoms with van der Waals surface area (Å²) in [6.07, 6.45) is 1.78. The van der Waals surface area contributed by atoms with Gasteiger partial charge in [-0.2, -0.15) is 0 Å². The highest BCUT2D eigenvalue weighted by molar-refractivity contribution is 7.98. The fourth-order valence-electron chi connectivity index (χ4n) is 3.94. The number of halogens is 4. The van der Waals surface area contributed by atoms with Crippen LogP contribution in [0.25, 0.3) is 5.69 Å². The predicted octanol–water partition coefficient (Wildman–Crippen LogP) is 8.30. The summed E-state index contributed by atoms with van der Waals surface area (Å²) >= 11 is 13.8. The summed E-state index contributed by atoms with van der Waals surface area (Å²) in [5.74, 6) is -0.409. The van der Waals surface area contributed by atoms with Crippen molar-refractivity contribution in [2.45, 2.75) is 49.6 Å². The summed E-state index contributed by atoms with van der Waals surface area (Å²) in [7, 11) is 0. The van der Waals surface area contributed by atoms with Gasteiger partial charge in [0.25, 0.3) is 0 Å². The fourth-order valence-corrected chi connectivity index (χ4v) is 5.21. The van der Waals surface area contributed by atoms with E-state index in [-0.39, 0.29) is 5.82 Å². The van der Waals surface area contributed by atoms with Gasteiger partial charge in [-0.15, -0.1) is 0 Å². The van der Waals surface area contributed by atoms with Crippen LogP contribution in [0.1, 0.15) is 50.1 Å². The molecule has 8 heteroatoms. The van der Waals surface area contributed by atoms with Crippen molar-refractivity contribution in [3.8, 4) is 5.69 Å².